The van der Waals surface area contributed by atoms with Crippen molar-refractivity contribution in [3.63, 3.8) is 0 Å². The second-order valence-corrected chi connectivity index (χ2v) is 10.3. The average molecular weight is 548 g/mol. The number of nitrogens with one attached hydrogen (secondary N) is 1. The fraction of sp³-hybridized carbons (Fsp3) is 0.727. The average Bonchev–Trinajstić information content (AvgIpc) is 2.91. The minimum atomic E-state index is -1.03. The maximum atomic E-state index is 12.3. The Balaban J connectivity index is 3.77. The summed E-state index contributed by atoms with van der Waals surface area (Å²) in [7, 11) is 0. The van der Waals surface area contributed by atoms with Gasteiger partial charge in [-0.05, 0) is 64.2 Å². The number of unbranched alkanes of at least 4 members (excludes halogenated alkanes) is 10. The molecule has 224 valence electrons. The number of carbonyl (C=O) groups is 3. The van der Waals surface area contributed by atoms with Crippen LogP contribution in [-0.4, -0.2) is 35.6 Å². The molecule has 0 aliphatic rings. The summed E-state index contributed by atoms with van der Waals surface area (Å²) >= 11 is 0. The third-order valence-electron chi connectivity index (χ3n) is 6.58. The standard InChI is InChI=1S/C33H57NO5/c1-3-5-7-8-9-10-11-12-13-14-15-16-17-18-19-20-24-28-33(38)39-30(25-6-4-2)26-22-21-23-27-31(35)34-29-32(36)37/h5,7,9-10,12-13,30H,3-4,6,8,11,14-29H2,1-2H3,(H,34,35)(H,36,37)/b7-5-,10-9-,13-12-. The number of hydrogen-bond acceptors (Lipinski definition) is 4. The number of carboxylic acid groups (broad SMARTS) is 1. The fourth-order valence-electron chi connectivity index (χ4n) is 4.28. The molecule has 0 radical (unpaired) electrons. The first-order valence-corrected chi connectivity index (χ1v) is 15.6. The summed E-state index contributed by atoms with van der Waals surface area (Å²) in [6.07, 6.45) is 33.1. The van der Waals surface area contributed by atoms with Crippen LogP contribution in [0.15, 0.2) is 36.5 Å². The molecule has 6 nitrogen and oxygen atoms in total. The summed E-state index contributed by atoms with van der Waals surface area (Å²) in [4.78, 5) is 34.4. The molecule has 0 aromatic rings. The first-order valence-electron chi connectivity index (χ1n) is 15.6. The Hall–Kier alpha value is -2.37. The Morgan fingerprint density at radius 2 is 1.26 bits per heavy atom. The lowest BCUT2D eigenvalue weighted by Gasteiger charge is -2.18. The molecule has 1 atom stereocenters. The molecule has 0 spiro atoms. The van der Waals surface area contributed by atoms with E-state index in [1.54, 1.807) is 0 Å². The van der Waals surface area contributed by atoms with Crippen molar-refractivity contribution in [3.05, 3.63) is 36.5 Å². The highest BCUT2D eigenvalue weighted by Gasteiger charge is 2.14. The van der Waals surface area contributed by atoms with Crippen LogP contribution in [0.4, 0.5) is 0 Å². The predicted octanol–water partition coefficient (Wildman–Crippen LogP) is 8.61. The van der Waals surface area contributed by atoms with Gasteiger partial charge in [0.2, 0.25) is 5.91 Å². The maximum absolute atomic E-state index is 12.3. The topological polar surface area (TPSA) is 92.7 Å². The lowest BCUT2D eigenvalue weighted by atomic mass is 10.0. The van der Waals surface area contributed by atoms with Crippen LogP contribution in [0, 0.1) is 0 Å². The molecule has 0 saturated heterocycles. The van der Waals surface area contributed by atoms with Crippen LogP contribution >= 0.6 is 0 Å². The van der Waals surface area contributed by atoms with E-state index in [2.05, 4.69) is 55.6 Å². The first-order chi connectivity index (χ1) is 19.0. The molecule has 1 amide bonds. The molecule has 0 saturated carbocycles. The van der Waals surface area contributed by atoms with Gasteiger partial charge in [-0.25, -0.2) is 0 Å². The summed E-state index contributed by atoms with van der Waals surface area (Å²) in [6.45, 7) is 3.96. The molecule has 2 N–H and O–H groups in total. The van der Waals surface area contributed by atoms with E-state index < -0.39 is 5.97 Å². The van der Waals surface area contributed by atoms with Gasteiger partial charge < -0.3 is 15.2 Å². The number of rotatable bonds is 27. The number of allylic oxidation sites excluding steroid dienone is 6. The van der Waals surface area contributed by atoms with Crippen molar-refractivity contribution in [1.29, 1.82) is 0 Å². The molecule has 0 fully saturated rings. The number of esters is 1. The van der Waals surface area contributed by atoms with Gasteiger partial charge in [-0.1, -0.05) is 102 Å². The summed E-state index contributed by atoms with van der Waals surface area (Å²) in [6, 6.07) is 0. The van der Waals surface area contributed by atoms with Crippen molar-refractivity contribution in [3.8, 4) is 0 Å². The quantitative estimate of drug-likeness (QED) is 0.0610. The van der Waals surface area contributed by atoms with Crippen molar-refractivity contribution >= 4 is 17.8 Å². The van der Waals surface area contributed by atoms with Gasteiger partial charge in [0.25, 0.3) is 0 Å². The smallest absolute Gasteiger partial charge is 0.322 e. The summed E-state index contributed by atoms with van der Waals surface area (Å²) in [5.41, 5.74) is 0. The molecular weight excluding hydrogens is 490 g/mol. The number of carbonyl (C=O) groups excluding carboxylic acids is 2. The summed E-state index contributed by atoms with van der Waals surface area (Å²) < 4.78 is 5.78. The summed E-state index contributed by atoms with van der Waals surface area (Å²) in [5.74, 6) is -1.34. The molecular formula is C33H57NO5. The Morgan fingerprint density at radius 3 is 1.92 bits per heavy atom. The van der Waals surface area contributed by atoms with E-state index in [-0.39, 0.29) is 24.5 Å². The van der Waals surface area contributed by atoms with E-state index >= 15 is 0 Å². The van der Waals surface area contributed by atoms with Gasteiger partial charge in [0.15, 0.2) is 0 Å². The van der Waals surface area contributed by atoms with Crippen LogP contribution in [0.2, 0.25) is 0 Å². The first kappa shape index (κ1) is 36.6. The Bertz CT molecular complexity index is 698. The minimum Gasteiger partial charge on any atom is -0.480 e. The van der Waals surface area contributed by atoms with E-state index in [1.165, 1.54) is 32.1 Å². The fourth-order valence-corrected chi connectivity index (χ4v) is 4.28. The van der Waals surface area contributed by atoms with Gasteiger partial charge in [-0.3, -0.25) is 14.4 Å². The van der Waals surface area contributed by atoms with Gasteiger partial charge in [0, 0.05) is 12.8 Å². The largest absolute Gasteiger partial charge is 0.480 e. The third kappa shape index (κ3) is 28.5. The highest BCUT2D eigenvalue weighted by molar-refractivity contribution is 5.80. The zero-order valence-electron chi connectivity index (χ0n) is 25.0. The van der Waals surface area contributed by atoms with E-state index in [4.69, 9.17) is 9.84 Å². The monoisotopic (exact) mass is 547 g/mol. The minimum absolute atomic E-state index is 0.0358. The van der Waals surface area contributed by atoms with Gasteiger partial charge in [0.1, 0.15) is 12.6 Å². The second kappa shape index (κ2) is 28.6. The predicted molar refractivity (Wildman–Crippen MR) is 162 cm³/mol. The molecule has 0 aromatic heterocycles. The van der Waals surface area contributed by atoms with Gasteiger partial charge in [0.05, 0.1) is 0 Å². The van der Waals surface area contributed by atoms with E-state index in [0.717, 1.165) is 77.0 Å². The molecule has 1 unspecified atom stereocenters. The Kier molecular flexibility index (Phi) is 26.9. The number of ether oxygens (including phenoxy) is 1. The van der Waals surface area contributed by atoms with Crippen molar-refractivity contribution < 1.29 is 24.2 Å². The van der Waals surface area contributed by atoms with Crippen LogP contribution in [0.3, 0.4) is 0 Å². The number of amides is 1. The molecule has 0 bridgehead atoms. The van der Waals surface area contributed by atoms with Gasteiger partial charge in [-0.2, -0.15) is 0 Å². The highest BCUT2D eigenvalue weighted by Crippen LogP contribution is 2.16. The van der Waals surface area contributed by atoms with Crippen LogP contribution in [0.25, 0.3) is 0 Å². The van der Waals surface area contributed by atoms with Crippen molar-refractivity contribution in [1.82, 2.24) is 5.32 Å². The third-order valence-corrected chi connectivity index (χ3v) is 6.58. The van der Waals surface area contributed by atoms with Gasteiger partial charge in [-0.15, -0.1) is 0 Å². The maximum Gasteiger partial charge on any atom is 0.322 e. The Morgan fingerprint density at radius 1 is 0.692 bits per heavy atom. The van der Waals surface area contributed by atoms with Crippen LogP contribution in [-0.2, 0) is 19.1 Å². The molecule has 0 rings (SSSR count). The number of carboxylic acids is 1. The zero-order chi connectivity index (χ0) is 28.8. The lowest BCUT2D eigenvalue weighted by Crippen LogP contribution is -2.28. The Labute approximate surface area is 238 Å². The lowest BCUT2D eigenvalue weighted by molar-refractivity contribution is -0.150. The van der Waals surface area contributed by atoms with E-state index in [0.29, 0.717) is 19.3 Å². The number of aliphatic carboxylic acids is 1. The zero-order valence-corrected chi connectivity index (χ0v) is 25.0. The molecule has 6 heteroatoms. The van der Waals surface area contributed by atoms with Gasteiger partial charge >= 0.3 is 11.9 Å². The van der Waals surface area contributed by atoms with Crippen molar-refractivity contribution in [2.45, 2.75) is 148 Å². The van der Waals surface area contributed by atoms with Crippen LogP contribution in [0.1, 0.15) is 142 Å². The molecule has 0 aliphatic carbocycles. The number of hydrogen-bond donors (Lipinski definition) is 2. The highest BCUT2D eigenvalue weighted by atomic mass is 16.5. The van der Waals surface area contributed by atoms with Crippen LogP contribution in [0.5, 0.6) is 0 Å². The van der Waals surface area contributed by atoms with Crippen LogP contribution < -0.4 is 5.32 Å². The molecule has 0 heterocycles. The molecule has 0 aromatic carbocycles. The van der Waals surface area contributed by atoms with E-state index in [1.807, 2.05) is 0 Å². The molecule has 39 heavy (non-hydrogen) atoms. The summed E-state index contributed by atoms with van der Waals surface area (Å²) in [5, 5.41) is 11.0. The SMILES string of the molecule is CC/C=C\C/C=C\C/C=C\CCCCCCCCCC(=O)OC(CCCC)CCCCCC(=O)NCC(=O)O. The van der Waals surface area contributed by atoms with Crippen molar-refractivity contribution in [2.24, 2.45) is 0 Å². The molecule has 0 aliphatic heterocycles. The normalized spacial score (nSPS) is 12.5. The van der Waals surface area contributed by atoms with E-state index in [9.17, 15) is 14.4 Å². The van der Waals surface area contributed by atoms with Crippen molar-refractivity contribution in [2.75, 3.05) is 6.54 Å². The second-order valence-electron chi connectivity index (χ2n) is 10.3.